The lowest BCUT2D eigenvalue weighted by Crippen LogP contribution is -2.61. The number of carbonyl (C=O) groups excluding carboxylic acids is 6. The molecule has 4 rings (SSSR count). The number of ketones is 1. The number of amides is 5. The van der Waals surface area contributed by atoms with Crippen LogP contribution in [0.1, 0.15) is 73.3 Å². The third-order valence-corrected chi connectivity index (χ3v) is 9.86. The second kappa shape index (κ2) is 13.9. The zero-order chi connectivity index (χ0) is 34.8. The fourth-order valence-corrected chi connectivity index (χ4v) is 6.61. The summed E-state index contributed by atoms with van der Waals surface area (Å²) in [4.78, 5) is 80.3. The molecule has 1 saturated heterocycles. The number of benzene rings is 1. The summed E-state index contributed by atoms with van der Waals surface area (Å²) < 4.78 is 5.47. The van der Waals surface area contributed by atoms with Crippen molar-refractivity contribution in [3.05, 3.63) is 47.7 Å². The van der Waals surface area contributed by atoms with E-state index in [1.807, 2.05) is 44.2 Å². The van der Waals surface area contributed by atoms with Gasteiger partial charge in [-0.15, -0.1) is 0 Å². The van der Waals surface area contributed by atoms with Gasteiger partial charge >= 0.3 is 12.0 Å². The summed E-state index contributed by atoms with van der Waals surface area (Å²) in [6, 6.07) is 5.49. The molecule has 0 aromatic heterocycles. The molecule has 1 aliphatic heterocycles. The minimum Gasteiger partial charge on any atom is -0.459 e. The number of Topliss-reactive ketones (excluding diaryl/α,β-unsaturated/α-hetero) is 1. The predicted molar refractivity (Wildman–Crippen MR) is 174 cm³/mol. The molecule has 5 N–H and O–H groups in total. The van der Waals surface area contributed by atoms with Gasteiger partial charge in [-0.05, 0) is 52.9 Å². The van der Waals surface area contributed by atoms with Crippen molar-refractivity contribution in [2.75, 3.05) is 6.54 Å². The van der Waals surface area contributed by atoms with Crippen LogP contribution in [-0.2, 0) is 35.3 Å². The van der Waals surface area contributed by atoms with Crippen molar-refractivity contribution < 1.29 is 33.5 Å². The maximum absolute atomic E-state index is 14.2. The van der Waals surface area contributed by atoms with Crippen molar-refractivity contribution >= 4 is 35.5 Å². The average Bonchev–Trinajstić information content (AvgIpc) is 3.28. The first-order valence-corrected chi connectivity index (χ1v) is 16.4. The van der Waals surface area contributed by atoms with Gasteiger partial charge in [-0.25, -0.2) is 9.59 Å². The predicted octanol–water partition coefficient (Wildman–Crippen LogP) is 2.81. The molecule has 3 fully saturated rings. The average molecular weight is 652 g/mol. The van der Waals surface area contributed by atoms with Crippen LogP contribution in [0.3, 0.4) is 0 Å². The minimum atomic E-state index is -1.17. The van der Waals surface area contributed by atoms with Gasteiger partial charge in [-0.3, -0.25) is 19.2 Å². The highest BCUT2D eigenvalue weighted by atomic mass is 16.5. The minimum absolute atomic E-state index is 0.0345. The van der Waals surface area contributed by atoms with E-state index in [0.717, 1.165) is 24.8 Å². The molecule has 5 amide bonds. The highest BCUT2D eigenvalue weighted by Gasteiger charge is 2.69. The van der Waals surface area contributed by atoms with Gasteiger partial charge in [-0.2, -0.15) is 0 Å². The number of ether oxygens (including phenoxy) is 1. The molecule has 2 saturated carbocycles. The number of carbonyl (C=O) groups is 6. The first kappa shape index (κ1) is 35.6. The van der Waals surface area contributed by atoms with Crippen LogP contribution < -0.4 is 21.7 Å². The molecule has 2 aliphatic carbocycles. The number of likely N-dealkylation sites (tertiary alicyclic amines) is 1. The van der Waals surface area contributed by atoms with Crippen LogP contribution in [0.15, 0.2) is 42.1 Å². The molecule has 0 bridgehead atoms. The Hall–Kier alpha value is -4.22. The largest absolute Gasteiger partial charge is 0.459 e. The van der Waals surface area contributed by atoms with Crippen molar-refractivity contribution in [3.8, 4) is 0 Å². The number of fused-ring (bicyclic) bond motifs is 1. The Morgan fingerprint density at radius 2 is 1.68 bits per heavy atom. The van der Waals surface area contributed by atoms with Crippen molar-refractivity contribution in [1.82, 2.24) is 20.9 Å². The smallest absolute Gasteiger partial charge is 0.329 e. The highest BCUT2D eigenvalue weighted by Crippen LogP contribution is 2.65. The van der Waals surface area contributed by atoms with Crippen LogP contribution in [0.2, 0.25) is 0 Å². The molecule has 1 aromatic carbocycles. The number of esters is 1. The number of primary amides is 1. The number of nitrogens with zero attached hydrogens (tertiary/aromatic N) is 1. The zero-order valence-electron chi connectivity index (χ0n) is 28.4. The van der Waals surface area contributed by atoms with E-state index in [0.29, 0.717) is 0 Å². The Balaban J connectivity index is 1.50. The van der Waals surface area contributed by atoms with Crippen LogP contribution in [0.4, 0.5) is 4.79 Å². The normalized spacial score (nSPS) is 23.1. The molecule has 1 heterocycles. The molecule has 1 aromatic rings. The first-order valence-electron chi connectivity index (χ1n) is 16.4. The molecule has 0 unspecified atom stereocenters. The SMILES string of the molecule is CC(C)[C@@H](NC(=O)N[C@H](C(=O)N1C[C@H]2[C@@H]([C@H]1C(=O)N/C(=C/C1CCC1)C(=O)C(N)=O)C2(C)C)C(C)(C)C)C(=O)OCc1ccccc1. The molecule has 0 radical (unpaired) electrons. The molecule has 256 valence electrons. The quantitative estimate of drug-likeness (QED) is 0.153. The standard InChI is InChI=1S/C35H49N5O7/c1-19(2)25(32(45)47-18-21-12-9-8-10-13-21)38-33(46)39-28(34(3,4)5)31(44)40-17-22-24(35(22,6)7)26(40)30(43)37-23(27(41)29(36)42)16-20-14-11-15-20/h8-10,12-13,16,19-20,22,24-26,28H,11,14-15,17-18H2,1-7H3,(H2,36,42)(H,37,43)(H2,38,39,46)/b23-16+/t22-,24-,25+,26-,28+/m0/s1. The summed E-state index contributed by atoms with van der Waals surface area (Å²) in [5, 5.41) is 8.08. The number of urea groups is 1. The van der Waals surface area contributed by atoms with Crippen LogP contribution in [0, 0.1) is 34.5 Å². The summed E-state index contributed by atoms with van der Waals surface area (Å²) in [6.07, 6.45) is 4.24. The van der Waals surface area contributed by atoms with Crippen LogP contribution in [0.5, 0.6) is 0 Å². The van der Waals surface area contributed by atoms with Gasteiger partial charge in [0.15, 0.2) is 0 Å². The molecule has 3 aliphatic rings. The Morgan fingerprint density at radius 3 is 2.21 bits per heavy atom. The van der Waals surface area contributed by atoms with E-state index in [1.54, 1.807) is 40.7 Å². The second-order valence-corrected chi connectivity index (χ2v) is 15.1. The van der Waals surface area contributed by atoms with Crippen LogP contribution in [0.25, 0.3) is 0 Å². The lowest BCUT2D eigenvalue weighted by Gasteiger charge is -2.38. The number of piperidine rings is 1. The fraction of sp³-hybridized carbons (Fsp3) is 0.600. The highest BCUT2D eigenvalue weighted by molar-refractivity contribution is 6.42. The van der Waals surface area contributed by atoms with E-state index in [-0.39, 0.29) is 47.9 Å². The lowest BCUT2D eigenvalue weighted by molar-refractivity contribution is -0.148. The van der Waals surface area contributed by atoms with Gasteiger partial charge < -0.3 is 31.3 Å². The van der Waals surface area contributed by atoms with E-state index >= 15 is 0 Å². The van der Waals surface area contributed by atoms with E-state index in [9.17, 15) is 28.8 Å². The van der Waals surface area contributed by atoms with Crippen LogP contribution in [-0.4, -0.2) is 65.1 Å². The summed E-state index contributed by atoms with van der Waals surface area (Å²) in [5.74, 6) is -4.20. The number of hydrogen-bond donors (Lipinski definition) is 4. The van der Waals surface area contributed by atoms with Crippen molar-refractivity contribution in [2.45, 2.75) is 92.5 Å². The van der Waals surface area contributed by atoms with Crippen molar-refractivity contribution in [3.63, 3.8) is 0 Å². The fourth-order valence-electron chi connectivity index (χ4n) is 6.61. The number of nitrogens with one attached hydrogen (secondary N) is 3. The van der Waals surface area contributed by atoms with Crippen molar-refractivity contribution in [2.24, 2.45) is 40.2 Å². The molecule has 5 atom stereocenters. The lowest BCUT2D eigenvalue weighted by atomic mass is 9.84. The Kier molecular flexibility index (Phi) is 10.5. The molecular formula is C35H49N5O7. The monoisotopic (exact) mass is 651 g/mol. The molecule has 12 nitrogen and oxygen atoms in total. The third kappa shape index (κ3) is 8.02. The topological polar surface area (TPSA) is 177 Å². The van der Waals surface area contributed by atoms with E-state index < -0.39 is 59.0 Å². The van der Waals surface area contributed by atoms with Gasteiger partial charge in [0.2, 0.25) is 11.8 Å². The summed E-state index contributed by atoms with van der Waals surface area (Å²) in [6.45, 7) is 13.3. The third-order valence-electron chi connectivity index (χ3n) is 9.86. The molecule has 0 spiro atoms. The first-order chi connectivity index (χ1) is 21.9. The number of hydrogen-bond acceptors (Lipinski definition) is 7. The van der Waals surface area contributed by atoms with E-state index in [4.69, 9.17) is 10.5 Å². The maximum Gasteiger partial charge on any atom is 0.329 e. The van der Waals surface area contributed by atoms with E-state index in [1.165, 1.54) is 4.90 Å². The summed E-state index contributed by atoms with van der Waals surface area (Å²) in [5.41, 5.74) is 4.92. The number of nitrogens with two attached hydrogens (primary N) is 1. The van der Waals surface area contributed by atoms with Gasteiger partial charge in [0.05, 0.1) is 5.70 Å². The Bertz CT molecular complexity index is 1430. The van der Waals surface area contributed by atoms with Crippen LogP contribution >= 0.6 is 0 Å². The van der Waals surface area contributed by atoms with Gasteiger partial charge in [0.1, 0.15) is 24.7 Å². The van der Waals surface area contributed by atoms with Crippen molar-refractivity contribution in [1.29, 1.82) is 0 Å². The summed E-state index contributed by atoms with van der Waals surface area (Å²) in [7, 11) is 0. The Morgan fingerprint density at radius 1 is 1.04 bits per heavy atom. The molecule has 12 heteroatoms. The second-order valence-electron chi connectivity index (χ2n) is 15.1. The summed E-state index contributed by atoms with van der Waals surface area (Å²) >= 11 is 0. The number of allylic oxidation sites excluding steroid dienone is 1. The maximum atomic E-state index is 14.2. The van der Waals surface area contributed by atoms with Gasteiger partial charge in [-0.1, -0.05) is 91.3 Å². The Labute approximate surface area is 276 Å². The molecule has 47 heavy (non-hydrogen) atoms. The molecular weight excluding hydrogens is 602 g/mol. The van der Waals surface area contributed by atoms with Gasteiger partial charge in [0.25, 0.3) is 11.7 Å². The van der Waals surface area contributed by atoms with E-state index in [2.05, 4.69) is 16.0 Å². The zero-order valence-corrected chi connectivity index (χ0v) is 28.4. The number of rotatable bonds is 12. The van der Waals surface area contributed by atoms with Gasteiger partial charge in [0, 0.05) is 6.54 Å².